The fourth-order valence-electron chi connectivity index (χ4n) is 3.38. The van der Waals surface area contributed by atoms with Crippen LogP contribution >= 0.6 is 0 Å². The zero-order valence-corrected chi connectivity index (χ0v) is 12.0. The first-order valence-corrected chi connectivity index (χ1v) is 7.44. The predicted molar refractivity (Wildman–Crippen MR) is 81.7 cm³/mol. The number of hydrogen-bond acceptors (Lipinski definition) is 3. The van der Waals surface area contributed by atoms with Crippen molar-refractivity contribution in [2.45, 2.75) is 32.4 Å². The second-order valence-corrected chi connectivity index (χ2v) is 5.77. The lowest BCUT2D eigenvalue weighted by atomic mass is 10.2. The summed E-state index contributed by atoms with van der Waals surface area (Å²) >= 11 is 0. The summed E-state index contributed by atoms with van der Waals surface area (Å²) in [6.45, 7) is 4.01. The molecule has 21 heavy (non-hydrogen) atoms. The first-order chi connectivity index (χ1) is 10.2. The second-order valence-electron chi connectivity index (χ2n) is 5.77. The van der Waals surface area contributed by atoms with Crippen molar-refractivity contribution < 1.29 is 4.79 Å². The van der Waals surface area contributed by atoms with Crippen molar-refractivity contribution in [1.29, 1.82) is 0 Å². The Kier molecular flexibility index (Phi) is 2.74. The summed E-state index contributed by atoms with van der Waals surface area (Å²) in [5.41, 5.74) is 2.31. The molecule has 2 aliphatic heterocycles. The van der Waals surface area contributed by atoms with Crippen LogP contribution < -0.4 is 10.2 Å². The molecule has 1 aromatic heterocycles. The van der Waals surface area contributed by atoms with Crippen molar-refractivity contribution in [3.63, 3.8) is 0 Å². The normalized spacial score (nSPS) is 19.5. The van der Waals surface area contributed by atoms with Gasteiger partial charge in [0.25, 0.3) is 5.91 Å². The van der Waals surface area contributed by atoms with Crippen molar-refractivity contribution in [2.24, 2.45) is 0 Å². The molecule has 108 valence electrons. The van der Waals surface area contributed by atoms with Gasteiger partial charge >= 0.3 is 0 Å². The average Bonchev–Trinajstić information content (AvgIpc) is 3.13. The number of nitrogens with one attached hydrogen (secondary N) is 1. The molecule has 0 unspecified atom stereocenters. The Hall–Kier alpha value is -2.30. The lowest BCUT2D eigenvalue weighted by molar-refractivity contribution is 0.102. The molecular weight excluding hydrogens is 264 g/mol. The van der Waals surface area contributed by atoms with Crippen molar-refractivity contribution >= 4 is 17.5 Å². The van der Waals surface area contributed by atoms with E-state index < -0.39 is 0 Å². The Morgan fingerprint density at radius 2 is 2.14 bits per heavy atom. The van der Waals surface area contributed by atoms with E-state index in [-0.39, 0.29) is 5.91 Å². The van der Waals surface area contributed by atoms with Crippen LogP contribution in [0.5, 0.6) is 0 Å². The molecule has 0 aliphatic carbocycles. The molecule has 4 rings (SSSR count). The lowest BCUT2D eigenvalue weighted by Gasteiger charge is -2.14. The SMILES string of the molecule is Cc1c(C(=O)Nc2ccccc2)nc2n1C[C@@H]1CCCN21. The fraction of sp³-hybridized carbons (Fsp3) is 0.375. The van der Waals surface area contributed by atoms with Gasteiger partial charge in [-0.05, 0) is 31.9 Å². The number of amides is 1. The number of aromatic nitrogens is 2. The van der Waals surface area contributed by atoms with E-state index in [1.54, 1.807) is 0 Å². The lowest BCUT2D eigenvalue weighted by Crippen LogP contribution is -2.26. The summed E-state index contributed by atoms with van der Waals surface area (Å²) < 4.78 is 2.18. The van der Waals surface area contributed by atoms with Gasteiger partial charge in [-0.1, -0.05) is 18.2 Å². The van der Waals surface area contributed by atoms with Crippen LogP contribution in [0.3, 0.4) is 0 Å². The van der Waals surface area contributed by atoms with E-state index in [1.165, 1.54) is 12.8 Å². The van der Waals surface area contributed by atoms with Crippen LogP contribution in [0.25, 0.3) is 0 Å². The molecular formula is C16H18N4O. The van der Waals surface area contributed by atoms with Gasteiger partial charge < -0.3 is 14.8 Å². The molecule has 1 amide bonds. The summed E-state index contributed by atoms with van der Waals surface area (Å²) in [6, 6.07) is 10.1. The van der Waals surface area contributed by atoms with E-state index in [0.717, 1.165) is 30.4 Å². The molecule has 3 heterocycles. The van der Waals surface area contributed by atoms with Crippen LogP contribution in [0.1, 0.15) is 29.0 Å². The molecule has 1 fully saturated rings. The molecule has 5 heteroatoms. The van der Waals surface area contributed by atoms with E-state index in [1.807, 2.05) is 37.3 Å². The van der Waals surface area contributed by atoms with Crippen molar-refractivity contribution in [3.05, 3.63) is 41.7 Å². The van der Waals surface area contributed by atoms with E-state index in [2.05, 4.69) is 19.8 Å². The molecule has 2 aromatic rings. The van der Waals surface area contributed by atoms with Gasteiger partial charge in [0, 0.05) is 30.5 Å². The van der Waals surface area contributed by atoms with Crippen molar-refractivity contribution in [1.82, 2.24) is 9.55 Å². The number of nitrogens with zero attached hydrogens (tertiary/aromatic N) is 3. The zero-order valence-electron chi connectivity index (χ0n) is 12.0. The highest BCUT2D eigenvalue weighted by atomic mass is 16.1. The first-order valence-electron chi connectivity index (χ1n) is 7.44. The molecule has 1 atom stereocenters. The monoisotopic (exact) mass is 282 g/mol. The molecule has 1 aromatic carbocycles. The molecule has 0 radical (unpaired) electrons. The van der Waals surface area contributed by atoms with Crippen LogP contribution in [0.15, 0.2) is 30.3 Å². The standard InChI is InChI=1S/C16H18N4O/c1-11-14(15(21)17-12-6-3-2-4-7-12)18-16-19-9-5-8-13(19)10-20(11)16/h2-4,6-7,13H,5,8-10H2,1H3,(H,17,21)/t13-/m0/s1. The fourth-order valence-corrected chi connectivity index (χ4v) is 3.38. The summed E-state index contributed by atoms with van der Waals surface area (Å²) in [5.74, 6) is 0.838. The molecule has 2 aliphatic rings. The number of benzene rings is 1. The Morgan fingerprint density at radius 1 is 1.33 bits per heavy atom. The molecule has 0 spiro atoms. The maximum Gasteiger partial charge on any atom is 0.276 e. The maximum atomic E-state index is 12.4. The van der Waals surface area contributed by atoms with Gasteiger partial charge in [-0.2, -0.15) is 0 Å². The quantitative estimate of drug-likeness (QED) is 0.920. The number of hydrogen-bond donors (Lipinski definition) is 1. The minimum atomic E-state index is -0.128. The number of fused-ring (bicyclic) bond motifs is 3. The highest BCUT2D eigenvalue weighted by molar-refractivity contribution is 6.04. The number of imidazole rings is 1. The van der Waals surface area contributed by atoms with E-state index in [9.17, 15) is 4.79 Å². The van der Waals surface area contributed by atoms with Crippen molar-refractivity contribution in [3.8, 4) is 0 Å². The largest absolute Gasteiger partial charge is 0.337 e. The van der Waals surface area contributed by atoms with Crippen LogP contribution in [0, 0.1) is 6.92 Å². The number of para-hydroxylation sites is 1. The average molecular weight is 282 g/mol. The molecule has 0 bridgehead atoms. The van der Waals surface area contributed by atoms with Crippen LogP contribution in [0.2, 0.25) is 0 Å². The minimum absolute atomic E-state index is 0.128. The van der Waals surface area contributed by atoms with E-state index in [0.29, 0.717) is 11.7 Å². The Morgan fingerprint density at radius 3 is 2.95 bits per heavy atom. The van der Waals surface area contributed by atoms with E-state index in [4.69, 9.17) is 0 Å². The Balaban J connectivity index is 1.62. The van der Waals surface area contributed by atoms with E-state index >= 15 is 0 Å². The van der Waals surface area contributed by atoms with Crippen LogP contribution in [-0.2, 0) is 6.54 Å². The molecule has 0 saturated carbocycles. The van der Waals surface area contributed by atoms with Gasteiger partial charge in [0.2, 0.25) is 5.95 Å². The summed E-state index contributed by atoms with van der Waals surface area (Å²) in [7, 11) is 0. The number of rotatable bonds is 2. The number of anilines is 2. The van der Waals surface area contributed by atoms with Crippen molar-refractivity contribution in [2.75, 3.05) is 16.8 Å². The molecule has 1 N–H and O–H groups in total. The van der Waals surface area contributed by atoms with Crippen LogP contribution in [0.4, 0.5) is 11.6 Å². The number of carbonyl (C=O) groups excluding carboxylic acids is 1. The highest BCUT2D eigenvalue weighted by Crippen LogP contribution is 2.34. The summed E-state index contributed by atoms with van der Waals surface area (Å²) in [5, 5.41) is 2.91. The smallest absolute Gasteiger partial charge is 0.276 e. The summed E-state index contributed by atoms with van der Waals surface area (Å²) in [4.78, 5) is 19.4. The minimum Gasteiger partial charge on any atom is -0.337 e. The summed E-state index contributed by atoms with van der Waals surface area (Å²) in [6.07, 6.45) is 2.45. The van der Waals surface area contributed by atoms with Gasteiger partial charge in [-0.3, -0.25) is 4.79 Å². The first kappa shape index (κ1) is 12.4. The van der Waals surface area contributed by atoms with Gasteiger partial charge in [-0.25, -0.2) is 4.98 Å². The number of carbonyl (C=O) groups is 1. The zero-order chi connectivity index (χ0) is 14.4. The Bertz CT molecular complexity index is 692. The highest BCUT2D eigenvalue weighted by Gasteiger charge is 2.37. The third-order valence-electron chi connectivity index (χ3n) is 4.47. The second kappa shape index (κ2) is 4.62. The van der Waals surface area contributed by atoms with Gasteiger partial charge in [-0.15, -0.1) is 0 Å². The van der Waals surface area contributed by atoms with Gasteiger partial charge in [0.15, 0.2) is 5.69 Å². The third-order valence-corrected chi connectivity index (χ3v) is 4.47. The third kappa shape index (κ3) is 1.92. The van der Waals surface area contributed by atoms with Crippen LogP contribution in [-0.4, -0.2) is 28.0 Å². The predicted octanol–water partition coefficient (Wildman–Crippen LogP) is 2.43. The van der Waals surface area contributed by atoms with Gasteiger partial charge in [0.05, 0.1) is 0 Å². The molecule has 5 nitrogen and oxygen atoms in total. The topological polar surface area (TPSA) is 50.2 Å². The molecule has 1 saturated heterocycles. The Labute approximate surface area is 123 Å². The van der Waals surface area contributed by atoms with Gasteiger partial charge in [0.1, 0.15) is 0 Å². The maximum absolute atomic E-state index is 12.4.